The van der Waals surface area contributed by atoms with E-state index in [4.69, 9.17) is 4.74 Å². The van der Waals surface area contributed by atoms with Crippen LogP contribution in [-0.4, -0.2) is 26.9 Å². The van der Waals surface area contributed by atoms with Gasteiger partial charge >= 0.3 is 5.97 Å². The Kier molecular flexibility index (Phi) is 8.07. The van der Waals surface area contributed by atoms with Crippen molar-refractivity contribution in [3.63, 3.8) is 0 Å². The number of ether oxygens (including phenoxy) is 1. The minimum absolute atomic E-state index is 0.0202. The Labute approximate surface area is 200 Å². The number of aryl methyl sites for hydroxylation is 2. The third kappa shape index (κ3) is 6.45. The number of rotatable bonds is 9. The molecule has 0 atom stereocenters. The van der Waals surface area contributed by atoms with Gasteiger partial charge in [-0.3, -0.25) is 9.52 Å². The molecular formula is C26H28N2O5S. The molecule has 0 aromatic heterocycles. The maximum atomic E-state index is 13.0. The molecule has 34 heavy (non-hydrogen) atoms. The summed E-state index contributed by atoms with van der Waals surface area (Å²) in [5, 5.41) is 2.73. The maximum absolute atomic E-state index is 13.0. The molecule has 3 aromatic carbocycles. The molecule has 7 nitrogen and oxygen atoms in total. The van der Waals surface area contributed by atoms with Crippen LogP contribution in [0.1, 0.15) is 51.6 Å². The van der Waals surface area contributed by atoms with Crippen LogP contribution in [0.5, 0.6) is 0 Å². The third-order valence-electron chi connectivity index (χ3n) is 5.12. The molecule has 1 amide bonds. The Hall–Kier alpha value is -3.65. The van der Waals surface area contributed by atoms with Gasteiger partial charge in [0.2, 0.25) is 0 Å². The normalized spacial score (nSPS) is 11.0. The average molecular weight is 481 g/mol. The number of amides is 1. The van der Waals surface area contributed by atoms with Crippen molar-refractivity contribution in [3.8, 4) is 0 Å². The number of benzene rings is 3. The minimum Gasteiger partial charge on any atom is -0.462 e. The standard InChI is InChI=1S/C26H28N2O5S/c1-4-5-15-33-26(30)20-11-13-22(14-12-20)27-25(29)21-10-9-19(3)24(17-21)34(31,32)28-23-8-6-7-18(2)16-23/h6-14,16-17,28H,4-5,15H2,1-3H3,(H,27,29). The quantitative estimate of drug-likeness (QED) is 0.319. The van der Waals surface area contributed by atoms with Gasteiger partial charge in [-0.25, -0.2) is 13.2 Å². The summed E-state index contributed by atoms with van der Waals surface area (Å²) in [5.41, 5.74) is 2.94. The fourth-order valence-electron chi connectivity index (χ4n) is 3.23. The Balaban J connectivity index is 1.73. The summed E-state index contributed by atoms with van der Waals surface area (Å²) in [7, 11) is -3.90. The highest BCUT2D eigenvalue weighted by atomic mass is 32.2. The molecule has 3 rings (SSSR count). The van der Waals surface area contributed by atoms with Crippen LogP contribution < -0.4 is 10.0 Å². The second-order valence-electron chi connectivity index (χ2n) is 7.98. The lowest BCUT2D eigenvalue weighted by atomic mass is 10.1. The van der Waals surface area contributed by atoms with Crippen molar-refractivity contribution in [2.24, 2.45) is 0 Å². The minimum atomic E-state index is -3.90. The van der Waals surface area contributed by atoms with Gasteiger partial charge in [0.25, 0.3) is 15.9 Å². The fraction of sp³-hybridized carbons (Fsp3) is 0.231. The Bertz CT molecular complexity index is 1280. The van der Waals surface area contributed by atoms with Crippen LogP contribution in [0.25, 0.3) is 0 Å². The van der Waals surface area contributed by atoms with Gasteiger partial charge in [0.15, 0.2) is 0 Å². The van der Waals surface area contributed by atoms with Gasteiger partial charge in [0.1, 0.15) is 0 Å². The van der Waals surface area contributed by atoms with Crippen molar-refractivity contribution in [2.45, 2.75) is 38.5 Å². The highest BCUT2D eigenvalue weighted by Crippen LogP contribution is 2.22. The number of sulfonamides is 1. The number of nitrogens with one attached hydrogen (secondary N) is 2. The predicted molar refractivity (Wildman–Crippen MR) is 133 cm³/mol. The smallest absolute Gasteiger partial charge is 0.338 e. The Morgan fingerprint density at radius 3 is 2.26 bits per heavy atom. The van der Waals surface area contributed by atoms with Crippen molar-refractivity contribution < 1.29 is 22.7 Å². The van der Waals surface area contributed by atoms with Gasteiger partial charge in [0, 0.05) is 16.9 Å². The molecule has 0 bridgehead atoms. The number of carbonyl (C=O) groups is 2. The molecule has 0 saturated heterocycles. The van der Waals surface area contributed by atoms with E-state index in [9.17, 15) is 18.0 Å². The summed E-state index contributed by atoms with van der Waals surface area (Å²) in [6.45, 7) is 5.92. The molecule has 0 unspecified atom stereocenters. The Morgan fingerprint density at radius 2 is 1.59 bits per heavy atom. The molecule has 0 aliphatic rings. The lowest BCUT2D eigenvalue weighted by molar-refractivity contribution is 0.0499. The van der Waals surface area contributed by atoms with Crippen LogP contribution in [0.2, 0.25) is 0 Å². The van der Waals surface area contributed by atoms with E-state index in [1.54, 1.807) is 61.5 Å². The Morgan fingerprint density at radius 1 is 0.882 bits per heavy atom. The first-order valence-electron chi connectivity index (χ1n) is 11.0. The van der Waals surface area contributed by atoms with Crippen LogP contribution in [0, 0.1) is 13.8 Å². The summed E-state index contributed by atoms with van der Waals surface area (Å²) < 4.78 is 33.7. The lowest BCUT2D eigenvalue weighted by Crippen LogP contribution is -2.17. The van der Waals surface area contributed by atoms with Crippen molar-refractivity contribution in [3.05, 3.63) is 89.0 Å². The zero-order valence-corrected chi connectivity index (χ0v) is 20.2. The van der Waals surface area contributed by atoms with E-state index in [1.807, 2.05) is 19.9 Å². The largest absolute Gasteiger partial charge is 0.462 e. The molecule has 178 valence electrons. The van der Waals surface area contributed by atoms with E-state index < -0.39 is 21.9 Å². The number of carbonyl (C=O) groups excluding carboxylic acids is 2. The van der Waals surface area contributed by atoms with Gasteiger partial charge in [-0.05, 0) is 79.9 Å². The predicted octanol–water partition coefficient (Wildman–Crippen LogP) is 5.31. The average Bonchev–Trinajstić information content (AvgIpc) is 2.79. The van der Waals surface area contributed by atoms with E-state index >= 15 is 0 Å². The molecular weight excluding hydrogens is 452 g/mol. The number of esters is 1. The number of hydrogen-bond acceptors (Lipinski definition) is 5. The second-order valence-corrected chi connectivity index (χ2v) is 9.63. The number of hydrogen-bond donors (Lipinski definition) is 2. The van der Waals surface area contributed by atoms with E-state index in [0.717, 1.165) is 18.4 Å². The van der Waals surface area contributed by atoms with Crippen LogP contribution >= 0.6 is 0 Å². The summed E-state index contributed by atoms with van der Waals surface area (Å²) in [6.07, 6.45) is 1.73. The number of unbranched alkanes of at least 4 members (excludes halogenated alkanes) is 1. The summed E-state index contributed by atoms with van der Waals surface area (Å²) in [5.74, 6) is -0.883. The molecule has 0 fully saturated rings. The van der Waals surface area contributed by atoms with Crippen molar-refractivity contribution >= 4 is 33.3 Å². The SMILES string of the molecule is CCCCOC(=O)c1ccc(NC(=O)c2ccc(C)c(S(=O)(=O)Nc3cccc(C)c3)c2)cc1. The highest BCUT2D eigenvalue weighted by molar-refractivity contribution is 7.92. The first kappa shape index (κ1) is 25.0. The molecule has 0 aliphatic heterocycles. The molecule has 0 aliphatic carbocycles. The molecule has 0 radical (unpaired) electrons. The lowest BCUT2D eigenvalue weighted by Gasteiger charge is -2.13. The first-order chi connectivity index (χ1) is 16.2. The van der Waals surface area contributed by atoms with Crippen molar-refractivity contribution in [1.82, 2.24) is 0 Å². The highest BCUT2D eigenvalue weighted by Gasteiger charge is 2.20. The third-order valence-corrected chi connectivity index (χ3v) is 6.64. The van der Waals surface area contributed by atoms with Crippen LogP contribution in [0.4, 0.5) is 11.4 Å². The van der Waals surface area contributed by atoms with Gasteiger partial charge in [-0.15, -0.1) is 0 Å². The van der Waals surface area contributed by atoms with E-state index in [0.29, 0.717) is 29.1 Å². The monoisotopic (exact) mass is 480 g/mol. The van der Waals surface area contributed by atoms with E-state index in [-0.39, 0.29) is 10.5 Å². The van der Waals surface area contributed by atoms with E-state index in [1.165, 1.54) is 6.07 Å². The topological polar surface area (TPSA) is 102 Å². The van der Waals surface area contributed by atoms with Gasteiger partial charge < -0.3 is 10.1 Å². The van der Waals surface area contributed by atoms with E-state index in [2.05, 4.69) is 10.0 Å². The molecule has 8 heteroatoms. The first-order valence-corrected chi connectivity index (χ1v) is 12.5. The molecule has 0 saturated carbocycles. The molecule has 2 N–H and O–H groups in total. The van der Waals surface area contributed by atoms with Crippen molar-refractivity contribution in [2.75, 3.05) is 16.6 Å². The second kappa shape index (κ2) is 11.0. The summed E-state index contributed by atoms with van der Waals surface area (Å²) >= 11 is 0. The zero-order valence-electron chi connectivity index (χ0n) is 19.4. The van der Waals surface area contributed by atoms with Crippen LogP contribution in [-0.2, 0) is 14.8 Å². The van der Waals surface area contributed by atoms with Gasteiger partial charge in [0.05, 0.1) is 17.1 Å². The zero-order chi connectivity index (χ0) is 24.7. The van der Waals surface area contributed by atoms with Crippen LogP contribution in [0.3, 0.4) is 0 Å². The van der Waals surface area contributed by atoms with Crippen LogP contribution in [0.15, 0.2) is 71.6 Å². The maximum Gasteiger partial charge on any atom is 0.338 e. The summed E-state index contributed by atoms with van der Waals surface area (Å²) in [4.78, 5) is 24.8. The van der Waals surface area contributed by atoms with Crippen molar-refractivity contribution in [1.29, 1.82) is 0 Å². The molecule has 0 heterocycles. The van der Waals surface area contributed by atoms with Gasteiger partial charge in [-0.2, -0.15) is 0 Å². The molecule has 0 spiro atoms. The fourth-order valence-corrected chi connectivity index (χ4v) is 4.56. The van der Waals surface area contributed by atoms with Gasteiger partial charge in [-0.1, -0.05) is 31.5 Å². The molecule has 3 aromatic rings. The number of anilines is 2. The summed E-state index contributed by atoms with van der Waals surface area (Å²) in [6, 6.07) is 17.9.